The van der Waals surface area contributed by atoms with Crippen LogP contribution in [0.15, 0.2) is 28.5 Å². The lowest BCUT2D eigenvalue weighted by Crippen LogP contribution is -2.35. The van der Waals surface area contributed by atoms with Crippen LogP contribution in [0, 0.1) is 5.82 Å². The monoisotopic (exact) mass is 480 g/mol. The number of hydrogen-bond donors (Lipinski definition) is 0. The summed E-state index contributed by atoms with van der Waals surface area (Å²) in [4.78, 5) is 27.8. The first-order chi connectivity index (χ1) is 15.3. The Hall–Kier alpha value is -2.30. The number of nitrogens with zero attached hydrogens (tertiary/aromatic N) is 2. The highest BCUT2D eigenvalue weighted by Gasteiger charge is 2.37. The van der Waals surface area contributed by atoms with Gasteiger partial charge in [0.2, 0.25) is 0 Å². The molecule has 1 aromatic heterocycles. The molecule has 0 bridgehead atoms. The zero-order valence-corrected chi connectivity index (χ0v) is 19.4. The number of carbonyl (C=O) groups excluding carboxylic acids is 2. The third-order valence-electron chi connectivity index (χ3n) is 5.93. The van der Waals surface area contributed by atoms with Crippen LogP contribution in [0.3, 0.4) is 0 Å². The zero-order valence-electron chi connectivity index (χ0n) is 17.8. The number of ether oxygens (including phenoxy) is 1. The Morgan fingerprint density at radius 3 is 2.31 bits per heavy atom. The van der Waals surface area contributed by atoms with Crippen molar-refractivity contribution in [1.29, 1.82) is 0 Å². The summed E-state index contributed by atoms with van der Waals surface area (Å²) in [5, 5.41) is 0. The van der Waals surface area contributed by atoms with E-state index in [1.54, 1.807) is 4.90 Å². The smallest absolute Gasteiger partial charge is 0.340 e. The van der Waals surface area contributed by atoms with Crippen molar-refractivity contribution in [1.82, 2.24) is 9.21 Å². The Balaban J connectivity index is 1.68. The number of amides is 1. The number of hydrogen-bond acceptors (Lipinski definition) is 6. The van der Waals surface area contributed by atoms with E-state index < -0.39 is 21.8 Å². The van der Waals surface area contributed by atoms with Crippen LogP contribution in [0.5, 0.6) is 0 Å². The third kappa shape index (κ3) is 4.31. The maximum absolute atomic E-state index is 13.5. The second-order valence-corrected chi connectivity index (χ2v) is 11.2. The maximum atomic E-state index is 13.5. The zero-order chi connectivity index (χ0) is 22.9. The molecule has 0 N–H and O–H groups in total. The predicted molar refractivity (Wildman–Crippen MR) is 118 cm³/mol. The number of sulfonamides is 1. The fourth-order valence-electron chi connectivity index (χ4n) is 4.22. The molecule has 2 aromatic rings. The number of halogens is 1. The molecule has 4 rings (SSSR count). The Bertz CT molecular complexity index is 1120. The van der Waals surface area contributed by atoms with Crippen LogP contribution in [-0.2, 0) is 27.7 Å². The lowest BCUT2D eigenvalue weighted by atomic mass is 10.0. The molecule has 0 saturated carbocycles. The van der Waals surface area contributed by atoms with Crippen LogP contribution in [0.25, 0.3) is 0 Å². The third-order valence-corrected chi connectivity index (χ3v) is 9.54. The van der Waals surface area contributed by atoms with Gasteiger partial charge in [0.25, 0.3) is 15.9 Å². The molecule has 7 nitrogen and oxygen atoms in total. The molecule has 1 saturated heterocycles. The van der Waals surface area contributed by atoms with Gasteiger partial charge in [-0.25, -0.2) is 17.6 Å². The van der Waals surface area contributed by atoms with Crippen molar-refractivity contribution in [2.24, 2.45) is 0 Å². The predicted octanol–water partition coefficient (Wildman–Crippen LogP) is 3.44. The Labute approximate surface area is 190 Å². The first-order valence-corrected chi connectivity index (χ1v) is 12.9. The molecule has 0 spiro atoms. The number of fused-ring (bicyclic) bond motifs is 1. The van der Waals surface area contributed by atoms with E-state index in [0.29, 0.717) is 42.1 Å². The molecule has 172 valence electrons. The lowest BCUT2D eigenvalue weighted by Gasteiger charge is -2.27. The van der Waals surface area contributed by atoms with E-state index in [2.05, 4.69) is 0 Å². The largest absolute Gasteiger partial charge is 0.465 e. The molecule has 10 heteroatoms. The summed E-state index contributed by atoms with van der Waals surface area (Å²) >= 11 is 1.05. The van der Waals surface area contributed by atoms with Crippen LogP contribution in [0.1, 0.15) is 56.8 Å². The standard InChI is InChI=1S/C22H25FN2O5S2/c1-30-21(27)19-17-10-13-24(20(26)15-6-8-16(23)9-7-15)14-18(17)31-22(19)32(28,29)25-11-4-2-3-5-12-25/h6-9H,2-5,10-14H2,1H3. The Morgan fingerprint density at radius 2 is 1.69 bits per heavy atom. The van der Waals surface area contributed by atoms with Crippen molar-refractivity contribution in [3.8, 4) is 0 Å². The minimum absolute atomic E-state index is 0.00679. The van der Waals surface area contributed by atoms with Gasteiger partial charge in [0.05, 0.1) is 19.2 Å². The summed E-state index contributed by atoms with van der Waals surface area (Å²) in [6.45, 7) is 1.38. The quantitative estimate of drug-likeness (QED) is 0.626. The van der Waals surface area contributed by atoms with E-state index in [-0.39, 0.29) is 22.2 Å². The number of methoxy groups -OCH3 is 1. The second-order valence-electron chi connectivity index (χ2n) is 7.96. The molecule has 1 fully saturated rings. The number of benzene rings is 1. The van der Waals surface area contributed by atoms with Gasteiger partial charge in [-0.05, 0) is 49.1 Å². The van der Waals surface area contributed by atoms with Gasteiger partial charge in [0, 0.05) is 30.1 Å². The van der Waals surface area contributed by atoms with Crippen molar-refractivity contribution in [2.75, 3.05) is 26.7 Å². The minimum atomic E-state index is -3.85. The maximum Gasteiger partial charge on any atom is 0.340 e. The van der Waals surface area contributed by atoms with Crippen LogP contribution in [0.4, 0.5) is 4.39 Å². The topological polar surface area (TPSA) is 84.0 Å². The SMILES string of the molecule is COC(=O)c1c(S(=O)(=O)N2CCCCCC2)sc2c1CCN(C(=O)c1ccc(F)cc1)C2. The molecule has 0 atom stereocenters. The van der Waals surface area contributed by atoms with Gasteiger partial charge in [-0.2, -0.15) is 4.31 Å². The van der Waals surface area contributed by atoms with E-state index in [0.717, 1.165) is 37.0 Å². The minimum Gasteiger partial charge on any atom is -0.465 e. The first kappa shape index (κ1) is 22.9. The summed E-state index contributed by atoms with van der Waals surface area (Å²) in [5.41, 5.74) is 1.10. The van der Waals surface area contributed by atoms with Gasteiger partial charge in [0.15, 0.2) is 0 Å². The van der Waals surface area contributed by atoms with Crippen LogP contribution in [-0.4, -0.2) is 56.2 Å². The molecular weight excluding hydrogens is 455 g/mol. The van der Waals surface area contributed by atoms with Gasteiger partial charge in [-0.1, -0.05) is 12.8 Å². The molecule has 1 aromatic carbocycles. The Morgan fingerprint density at radius 1 is 1.03 bits per heavy atom. The van der Waals surface area contributed by atoms with Crippen molar-refractivity contribution < 1.29 is 27.1 Å². The normalized spacial score (nSPS) is 17.5. The van der Waals surface area contributed by atoms with E-state index in [1.165, 1.54) is 35.7 Å². The molecular formula is C22H25FN2O5S2. The van der Waals surface area contributed by atoms with Crippen LogP contribution in [0.2, 0.25) is 0 Å². The summed E-state index contributed by atoms with van der Waals surface area (Å²) < 4.78 is 46.6. The Kier molecular flexibility index (Phi) is 6.64. The van der Waals surface area contributed by atoms with Crippen LogP contribution < -0.4 is 0 Å². The van der Waals surface area contributed by atoms with Gasteiger partial charge in [-0.15, -0.1) is 11.3 Å². The first-order valence-electron chi connectivity index (χ1n) is 10.6. The highest BCUT2D eigenvalue weighted by molar-refractivity contribution is 7.91. The fourth-order valence-corrected chi connectivity index (χ4v) is 7.77. The summed E-state index contributed by atoms with van der Waals surface area (Å²) in [5.74, 6) is -1.36. The molecule has 0 radical (unpaired) electrons. The van der Waals surface area contributed by atoms with Crippen molar-refractivity contribution >= 4 is 33.2 Å². The molecule has 0 aliphatic carbocycles. The summed E-state index contributed by atoms with van der Waals surface area (Å²) in [6, 6.07) is 5.32. The number of rotatable bonds is 4. The molecule has 2 aliphatic heterocycles. The van der Waals surface area contributed by atoms with E-state index >= 15 is 0 Å². The molecule has 32 heavy (non-hydrogen) atoms. The van der Waals surface area contributed by atoms with Gasteiger partial charge in [-0.3, -0.25) is 4.79 Å². The second kappa shape index (κ2) is 9.29. The molecule has 2 aliphatic rings. The fraction of sp³-hybridized carbons (Fsp3) is 0.455. The van der Waals surface area contributed by atoms with Crippen LogP contribution >= 0.6 is 11.3 Å². The average Bonchev–Trinajstić information content (AvgIpc) is 2.97. The van der Waals surface area contributed by atoms with Crippen molar-refractivity contribution in [3.63, 3.8) is 0 Å². The van der Waals surface area contributed by atoms with Gasteiger partial charge >= 0.3 is 5.97 Å². The highest BCUT2D eigenvalue weighted by atomic mass is 32.2. The van der Waals surface area contributed by atoms with Crippen molar-refractivity contribution in [3.05, 3.63) is 51.7 Å². The average molecular weight is 481 g/mol. The lowest BCUT2D eigenvalue weighted by molar-refractivity contribution is 0.0595. The van der Waals surface area contributed by atoms with E-state index in [9.17, 15) is 22.4 Å². The summed E-state index contributed by atoms with van der Waals surface area (Å²) in [6.07, 6.45) is 3.89. The number of esters is 1. The molecule has 0 unspecified atom stereocenters. The number of thiophene rings is 1. The van der Waals surface area contributed by atoms with Gasteiger partial charge < -0.3 is 9.64 Å². The van der Waals surface area contributed by atoms with Crippen molar-refractivity contribution in [2.45, 2.75) is 42.9 Å². The summed E-state index contributed by atoms with van der Waals surface area (Å²) in [7, 11) is -2.62. The number of carbonyl (C=O) groups is 2. The van der Waals surface area contributed by atoms with E-state index in [1.807, 2.05) is 0 Å². The highest BCUT2D eigenvalue weighted by Crippen LogP contribution is 2.38. The van der Waals surface area contributed by atoms with Gasteiger partial charge in [0.1, 0.15) is 10.0 Å². The molecule has 3 heterocycles. The molecule has 1 amide bonds. The van der Waals surface area contributed by atoms with E-state index in [4.69, 9.17) is 4.74 Å².